The number of aromatic amines is 1. The first-order valence-electron chi connectivity index (χ1n) is 5.69. The van der Waals surface area contributed by atoms with Crippen LogP contribution < -0.4 is 5.56 Å². The van der Waals surface area contributed by atoms with Crippen molar-refractivity contribution in [1.82, 2.24) is 14.6 Å². The monoisotopic (exact) mass is 279 g/mol. The fourth-order valence-corrected chi connectivity index (χ4v) is 1.97. The van der Waals surface area contributed by atoms with E-state index >= 15 is 0 Å². The van der Waals surface area contributed by atoms with E-state index in [1.807, 2.05) is 0 Å². The van der Waals surface area contributed by atoms with Crippen molar-refractivity contribution in [3.63, 3.8) is 0 Å². The predicted molar refractivity (Wildman–Crippen MR) is 66.3 cm³/mol. The highest BCUT2D eigenvalue weighted by Gasteiger charge is 2.30. The molecular weight excluding hydrogens is 271 g/mol. The highest BCUT2D eigenvalue weighted by Crippen LogP contribution is 2.32. The number of hydrogen-bond acceptors (Lipinski definition) is 2. The minimum atomic E-state index is -4.41. The molecule has 0 aliphatic heterocycles. The van der Waals surface area contributed by atoms with Crippen LogP contribution in [0.15, 0.2) is 47.5 Å². The molecule has 1 aromatic carbocycles. The van der Waals surface area contributed by atoms with E-state index in [0.717, 1.165) is 12.1 Å². The van der Waals surface area contributed by atoms with Crippen molar-refractivity contribution < 1.29 is 13.2 Å². The molecular formula is C13H8F3N3O. The number of rotatable bonds is 1. The molecule has 0 unspecified atom stereocenters. The Kier molecular flexibility index (Phi) is 2.63. The molecule has 20 heavy (non-hydrogen) atoms. The van der Waals surface area contributed by atoms with E-state index in [9.17, 15) is 18.0 Å². The Morgan fingerprint density at radius 2 is 2.00 bits per heavy atom. The van der Waals surface area contributed by atoms with Gasteiger partial charge in [-0.3, -0.25) is 4.79 Å². The number of hydrogen-bond donors (Lipinski definition) is 1. The van der Waals surface area contributed by atoms with Crippen LogP contribution in [0.4, 0.5) is 13.2 Å². The lowest BCUT2D eigenvalue weighted by atomic mass is 10.1. The molecule has 0 bridgehead atoms. The van der Waals surface area contributed by atoms with Gasteiger partial charge in [0.1, 0.15) is 5.65 Å². The van der Waals surface area contributed by atoms with Gasteiger partial charge < -0.3 is 4.98 Å². The summed E-state index contributed by atoms with van der Waals surface area (Å²) in [6.07, 6.45) is -1.54. The number of aromatic nitrogens is 3. The maximum Gasteiger partial charge on any atom is 0.416 e. The lowest BCUT2D eigenvalue weighted by molar-refractivity contribution is -0.137. The van der Waals surface area contributed by atoms with Crippen LogP contribution in [-0.2, 0) is 6.18 Å². The van der Waals surface area contributed by atoms with Gasteiger partial charge in [0.15, 0.2) is 0 Å². The Morgan fingerprint density at radius 1 is 1.20 bits per heavy atom. The average Bonchev–Trinajstić information content (AvgIpc) is 2.81. The molecule has 4 nitrogen and oxygen atoms in total. The highest BCUT2D eigenvalue weighted by atomic mass is 19.4. The number of nitrogens with zero attached hydrogens (tertiary/aromatic N) is 2. The topological polar surface area (TPSA) is 50.2 Å². The van der Waals surface area contributed by atoms with Crippen molar-refractivity contribution in [3.8, 4) is 11.1 Å². The molecule has 0 spiro atoms. The van der Waals surface area contributed by atoms with Gasteiger partial charge in [0.2, 0.25) is 0 Å². The van der Waals surface area contributed by atoms with E-state index in [4.69, 9.17) is 0 Å². The molecule has 3 aromatic rings. The summed E-state index contributed by atoms with van der Waals surface area (Å²) in [7, 11) is 0. The summed E-state index contributed by atoms with van der Waals surface area (Å²) in [5.41, 5.74) is 0.0566. The normalized spacial score (nSPS) is 11.9. The number of halogens is 3. The van der Waals surface area contributed by atoms with Gasteiger partial charge >= 0.3 is 6.18 Å². The quantitative estimate of drug-likeness (QED) is 0.744. The summed E-state index contributed by atoms with van der Waals surface area (Å²) in [6.45, 7) is 0. The molecule has 3 rings (SSSR count). The molecule has 0 aliphatic carbocycles. The standard InChI is InChI=1S/C13H8F3N3O/c14-13(15,16)9-3-1-2-8(6-9)10-7-17-19-5-4-11(20)18-12(10)19/h1-7H,(H,18,20). The SMILES string of the molecule is O=c1ccn2ncc(-c3cccc(C(F)(F)F)c3)c2[nH]1. The van der Waals surface area contributed by atoms with Gasteiger partial charge in [-0.2, -0.15) is 18.3 Å². The summed E-state index contributed by atoms with van der Waals surface area (Å²) < 4.78 is 39.5. The molecule has 1 N–H and O–H groups in total. The maximum absolute atomic E-state index is 12.7. The molecule has 7 heteroatoms. The van der Waals surface area contributed by atoms with E-state index < -0.39 is 11.7 Å². The van der Waals surface area contributed by atoms with Crippen molar-refractivity contribution in [2.24, 2.45) is 0 Å². The first kappa shape index (κ1) is 12.5. The summed E-state index contributed by atoms with van der Waals surface area (Å²) in [6, 6.07) is 6.18. The number of alkyl halides is 3. The Labute approximate surface area is 110 Å². The lowest BCUT2D eigenvalue weighted by Gasteiger charge is -2.07. The van der Waals surface area contributed by atoms with Crippen molar-refractivity contribution >= 4 is 5.65 Å². The largest absolute Gasteiger partial charge is 0.416 e. The van der Waals surface area contributed by atoms with Gasteiger partial charge in [0.25, 0.3) is 5.56 Å². The zero-order valence-electron chi connectivity index (χ0n) is 9.98. The molecule has 0 radical (unpaired) electrons. The number of fused-ring (bicyclic) bond motifs is 1. The highest BCUT2D eigenvalue weighted by molar-refractivity contribution is 5.77. The van der Waals surface area contributed by atoms with Gasteiger partial charge in [-0.15, -0.1) is 0 Å². The van der Waals surface area contributed by atoms with E-state index in [0.29, 0.717) is 16.8 Å². The van der Waals surface area contributed by atoms with Gasteiger partial charge in [-0.25, -0.2) is 4.52 Å². The molecule has 0 amide bonds. The number of H-pyrrole nitrogens is 1. The van der Waals surface area contributed by atoms with Crippen LogP contribution in [0, 0.1) is 0 Å². The summed E-state index contributed by atoms with van der Waals surface area (Å²) >= 11 is 0. The summed E-state index contributed by atoms with van der Waals surface area (Å²) in [5, 5.41) is 3.99. The van der Waals surface area contributed by atoms with Crippen molar-refractivity contribution in [1.29, 1.82) is 0 Å². The molecule has 2 aromatic heterocycles. The Morgan fingerprint density at radius 3 is 2.75 bits per heavy atom. The van der Waals surface area contributed by atoms with E-state index in [1.54, 1.807) is 0 Å². The predicted octanol–water partition coefficient (Wildman–Crippen LogP) is 2.71. The summed E-state index contributed by atoms with van der Waals surface area (Å²) in [4.78, 5) is 13.9. The van der Waals surface area contributed by atoms with Crippen LogP contribution in [0.1, 0.15) is 5.56 Å². The first-order valence-corrected chi connectivity index (χ1v) is 5.69. The second kappa shape index (κ2) is 4.22. The third-order valence-electron chi connectivity index (χ3n) is 2.91. The number of nitrogens with one attached hydrogen (secondary N) is 1. The minimum Gasteiger partial charge on any atom is -0.306 e. The zero-order valence-corrected chi connectivity index (χ0v) is 9.98. The molecule has 0 aliphatic rings. The fraction of sp³-hybridized carbons (Fsp3) is 0.0769. The van der Waals surface area contributed by atoms with E-state index in [-0.39, 0.29) is 5.56 Å². The van der Waals surface area contributed by atoms with E-state index in [2.05, 4.69) is 10.1 Å². The molecule has 2 heterocycles. The Balaban J connectivity index is 2.21. The van der Waals surface area contributed by atoms with Crippen molar-refractivity contribution in [3.05, 3.63) is 58.6 Å². The van der Waals surface area contributed by atoms with Crippen LogP contribution in [0.3, 0.4) is 0 Å². The van der Waals surface area contributed by atoms with Crippen LogP contribution >= 0.6 is 0 Å². The maximum atomic E-state index is 12.7. The molecule has 0 saturated heterocycles. The van der Waals surface area contributed by atoms with Crippen molar-refractivity contribution in [2.75, 3.05) is 0 Å². The van der Waals surface area contributed by atoms with Crippen LogP contribution in [0.2, 0.25) is 0 Å². The fourth-order valence-electron chi connectivity index (χ4n) is 1.97. The molecule has 0 fully saturated rings. The van der Waals surface area contributed by atoms with Crippen LogP contribution in [0.5, 0.6) is 0 Å². The zero-order chi connectivity index (χ0) is 14.3. The molecule has 0 atom stereocenters. The van der Waals surface area contributed by atoms with Crippen LogP contribution in [0.25, 0.3) is 16.8 Å². The van der Waals surface area contributed by atoms with E-state index in [1.165, 1.54) is 35.1 Å². The molecule has 102 valence electrons. The van der Waals surface area contributed by atoms with Crippen LogP contribution in [-0.4, -0.2) is 14.6 Å². The smallest absolute Gasteiger partial charge is 0.306 e. The third kappa shape index (κ3) is 2.07. The third-order valence-corrected chi connectivity index (χ3v) is 2.91. The lowest BCUT2D eigenvalue weighted by Crippen LogP contribution is -2.06. The molecule has 0 saturated carbocycles. The van der Waals surface area contributed by atoms with Crippen molar-refractivity contribution in [2.45, 2.75) is 6.18 Å². The second-order valence-electron chi connectivity index (χ2n) is 4.23. The first-order chi connectivity index (χ1) is 9.45. The van der Waals surface area contributed by atoms with Gasteiger partial charge in [-0.05, 0) is 17.7 Å². The van der Waals surface area contributed by atoms with Gasteiger partial charge in [0, 0.05) is 17.8 Å². The summed E-state index contributed by atoms with van der Waals surface area (Å²) in [5.74, 6) is 0. The minimum absolute atomic E-state index is 0.341. The van der Waals surface area contributed by atoms with Gasteiger partial charge in [-0.1, -0.05) is 12.1 Å². The number of benzene rings is 1. The van der Waals surface area contributed by atoms with Gasteiger partial charge in [0.05, 0.1) is 11.8 Å². The Bertz CT molecular complexity index is 832. The second-order valence-corrected chi connectivity index (χ2v) is 4.23. The Hall–Kier alpha value is -2.57. The average molecular weight is 279 g/mol.